The summed E-state index contributed by atoms with van der Waals surface area (Å²) in [5, 5.41) is 2.55. The molecule has 2 heterocycles. The molecule has 0 radical (unpaired) electrons. The fourth-order valence-electron chi connectivity index (χ4n) is 4.46. The lowest BCUT2D eigenvalue weighted by Crippen LogP contribution is -2.43. The summed E-state index contributed by atoms with van der Waals surface area (Å²) in [7, 11) is 2.01. The molecule has 1 aliphatic rings. The third-order valence-electron chi connectivity index (χ3n) is 5.76. The van der Waals surface area contributed by atoms with Crippen LogP contribution in [0.3, 0.4) is 0 Å². The van der Waals surface area contributed by atoms with Crippen LogP contribution in [-0.2, 0) is 28.1 Å². The summed E-state index contributed by atoms with van der Waals surface area (Å²) in [6.07, 6.45) is 0.909. The van der Waals surface area contributed by atoms with E-state index < -0.39 is 6.04 Å². The Morgan fingerprint density at radius 2 is 1.76 bits per heavy atom. The molecule has 1 aromatic heterocycles. The molecule has 0 N–H and O–H groups in total. The number of hydroxylamine groups is 2. The third-order valence-corrected chi connectivity index (χ3v) is 5.76. The van der Waals surface area contributed by atoms with E-state index in [0.29, 0.717) is 6.42 Å². The highest BCUT2D eigenvalue weighted by molar-refractivity contribution is 5.96. The zero-order chi connectivity index (χ0) is 20.5. The number of rotatable bonds is 6. The Hall–Kier alpha value is -2.92. The monoisotopic (exact) mass is 390 g/mol. The molecular formula is C24H26N2O3. The van der Waals surface area contributed by atoms with Crippen LogP contribution in [0.1, 0.15) is 55.5 Å². The smallest absolute Gasteiger partial charge is 0.254 e. The second-order valence-electron chi connectivity index (χ2n) is 7.68. The predicted molar refractivity (Wildman–Crippen MR) is 112 cm³/mol. The number of hydrogen-bond acceptors (Lipinski definition) is 3. The first-order valence-corrected chi connectivity index (χ1v) is 10.1. The predicted octanol–water partition coefficient (Wildman–Crippen LogP) is 4.67. The van der Waals surface area contributed by atoms with E-state index in [1.54, 1.807) is 6.92 Å². The number of ketones is 1. The second kappa shape index (κ2) is 7.84. The van der Waals surface area contributed by atoms with Crippen molar-refractivity contribution in [1.29, 1.82) is 0 Å². The Morgan fingerprint density at radius 1 is 1.07 bits per heavy atom. The van der Waals surface area contributed by atoms with Gasteiger partial charge in [0.2, 0.25) is 0 Å². The van der Waals surface area contributed by atoms with Crippen molar-refractivity contribution < 1.29 is 14.4 Å². The third kappa shape index (κ3) is 3.36. The van der Waals surface area contributed by atoms with Crippen molar-refractivity contribution in [2.75, 3.05) is 0 Å². The van der Waals surface area contributed by atoms with Gasteiger partial charge in [-0.1, -0.05) is 55.5 Å². The summed E-state index contributed by atoms with van der Waals surface area (Å²) in [5.41, 5.74) is 4.10. The van der Waals surface area contributed by atoms with E-state index in [4.69, 9.17) is 4.84 Å². The van der Waals surface area contributed by atoms with Crippen LogP contribution in [0.15, 0.2) is 54.6 Å². The van der Waals surface area contributed by atoms with Crippen LogP contribution < -0.4 is 0 Å². The quantitative estimate of drug-likeness (QED) is 0.615. The Balaban J connectivity index is 1.82. The van der Waals surface area contributed by atoms with Crippen molar-refractivity contribution in [2.45, 2.75) is 45.3 Å². The van der Waals surface area contributed by atoms with Crippen molar-refractivity contribution in [2.24, 2.45) is 7.05 Å². The van der Waals surface area contributed by atoms with Gasteiger partial charge in [0, 0.05) is 30.1 Å². The van der Waals surface area contributed by atoms with Gasteiger partial charge in [-0.2, -0.15) is 0 Å². The summed E-state index contributed by atoms with van der Waals surface area (Å²) in [6.45, 7) is 3.87. The Kier molecular flexibility index (Phi) is 5.24. The number of carbonyl (C=O) groups is 2. The van der Waals surface area contributed by atoms with Crippen molar-refractivity contribution in [3.05, 3.63) is 71.4 Å². The average Bonchev–Trinajstić information content (AvgIpc) is 3.01. The molecule has 1 aliphatic heterocycles. The lowest BCUT2D eigenvalue weighted by molar-refractivity contribution is -0.213. The van der Waals surface area contributed by atoms with E-state index in [2.05, 4.69) is 16.7 Å². The molecule has 150 valence electrons. The maximum atomic E-state index is 13.5. The number of fused-ring (bicyclic) bond motifs is 3. The highest BCUT2D eigenvalue weighted by Crippen LogP contribution is 2.45. The number of nitrogens with zero attached hydrogens (tertiary/aromatic N) is 2. The number of aromatic nitrogens is 1. The number of Topliss-reactive ketones (excluding diaryl/α,β-unsaturated/α-hetero) is 1. The van der Waals surface area contributed by atoms with Crippen molar-refractivity contribution in [3.63, 3.8) is 0 Å². The van der Waals surface area contributed by atoms with E-state index in [-0.39, 0.29) is 30.6 Å². The van der Waals surface area contributed by atoms with Gasteiger partial charge in [0.1, 0.15) is 18.4 Å². The van der Waals surface area contributed by atoms with Gasteiger partial charge in [-0.3, -0.25) is 14.4 Å². The van der Waals surface area contributed by atoms with Crippen LogP contribution >= 0.6 is 0 Å². The molecule has 0 aliphatic carbocycles. The largest absolute Gasteiger partial charge is 0.345 e. The van der Waals surface area contributed by atoms with E-state index in [0.717, 1.165) is 27.7 Å². The SMILES string of the molecule is CCC1C(=O)N(OCc2ccccc2)C(CC(C)=O)c2c1c1ccccc1n2C. The lowest BCUT2D eigenvalue weighted by atomic mass is 9.85. The van der Waals surface area contributed by atoms with Gasteiger partial charge in [0.25, 0.3) is 5.91 Å². The Morgan fingerprint density at radius 3 is 2.45 bits per heavy atom. The molecule has 5 heteroatoms. The molecule has 0 spiro atoms. The van der Waals surface area contributed by atoms with Gasteiger partial charge < -0.3 is 4.57 Å². The summed E-state index contributed by atoms with van der Waals surface area (Å²) >= 11 is 0. The van der Waals surface area contributed by atoms with Crippen LogP contribution in [0.5, 0.6) is 0 Å². The zero-order valence-electron chi connectivity index (χ0n) is 17.1. The van der Waals surface area contributed by atoms with Gasteiger partial charge >= 0.3 is 0 Å². The first kappa shape index (κ1) is 19.4. The van der Waals surface area contributed by atoms with Gasteiger partial charge in [0.15, 0.2) is 0 Å². The summed E-state index contributed by atoms with van der Waals surface area (Å²) < 4.78 is 2.12. The fourth-order valence-corrected chi connectivity index (χ4v) is 4.46. The minimum absolute atomic E-state index is 0.0299. The second-order valence-corrected chi connectivity index (χ2v) is 7.68. The lowest BCUT2D eigenvalue weighted by Gasteiger charge is -2.38. The van der Waals surface area contributed by atoms with E-state index >= 15 is 0 Å². The fraction of sp³-hybridized carbons (Fsp3) is 0.333. The van der Waals surface area contributed by atoms with Crippen LogP contribution in [0, 0.1) is 0 Å². The Labute approximate surface area is 170 Å². The molecule has 2 aromatic carbocycles. The van der Waals surface area contributed by atoms with E-state index in [9.17, 15) is 9.59 Å². The first-order chi connectivity index (χ1) is 14.0. The molecule has 4 rings (SSSR count). The Bertz CT molecular complexity index is 1050. The van der Waals surface area contributed by atoms with Crippen molar-refractivity contribution >= 4 is 22.6 Å². The molecule has 0 saturated carbocycles. The summed E-state index contributed by atoms with van der Waals surface area (Å²) in [4.78, 5) is 31.6. The molecule has 3 aromatic rings. The standard InChI is InChI=1S/C24H26N2O3/c1-4-18-22-19-12-8-9-13-20(19)25(3)23(22)21(14-16(2)27)26(24(18)28)29-15-17-10-6-5-7-11-17/h5-13,18,21H,4,14-15H2,1-3H3. The minimum Gasteiger partial charge on any atom is -0.345 e. The normalized spacial score (nSPS) is 18.9. The molecule has 0 fully saturated rings. The highest BCUT2D eigenvalue weighted by Gasteiger charge is 2.43. The van der Waals surface area contributed by atoms with Crippen molar-refractivity contribution in [1.82, 2.24) is 9.63 Å². The van der Waals surface area contributed by atoms with Crippen LogP contribution in [0.2, 0.25) is 0 Å². The molecule has 0 saturated heterocycles. The number of hydrogen-bond donors (Lipinski definition) is 0. The van der Waals surface area contributed by atoms with Gasteiger partial charge in [-0.15, -0.1) is 0 Å². The molecule has 5 nitrogen and oxygen atoms in total. The van der Waals surface area contributed by atoms with Crippen LogP contribution in [0.25, 0.3) is 10.9 Å². The maximum absolute atomic E-state index is 13.5. The zero-order valence-corrected chi connectivity index (χ0v) is 17.1. The van der Waals surface area contributed by atoms with E-state index in [1.165, 1.54) is 5.06 Å². The number of carbonyl (C=O) groups excluding carboxylic acids is 2. The first-order valence-electron chi connectivity index (χ1n) is 10.1. The van der Waals surface area contributed by atoms with E-state index in [1.807, 2.05) is 56.4 Å². The molecule has 29 heavy (non-hydrogen) atoms. The number of benzene rings is 2. The van der Waals surface area contributed by atoms with Crippen LogP contribution in [0.4, 0.5) is 0 Å². The maximum Gasteiger partial charge on any atom is 0.254 e. The molecule has 2 atom stereocenters. The summed E-state index contributed by atoms with van der Waals surface area (Å²) in [5.74, 6) is -0.323. The van der Waals surface area contributed by atoms with Gasteiger partial charge in [0.05, 0.1) is 5.92 Å². The molecule has 2 unspecified atom stereocenters. The topological polar surface area (TPSA) is 51.5 Å². The minimum atomic E-state index is -0.432. The molecule has 0 bridgehead atoms. The van der Waals surface area contributed by atoms with Crippen molar-refractivity contribution in [3.8, 4) is 0 Å². The van der Waals surface area contributed by atoms with Gasteiger partial charge in [-0.25, -0.2) is 5.06 Å². The molecule has 1 amide bonds. The summed E-state index contributed by atoms with van der Waals surface area (Å²) in [6, 6.07) is 17.5. The average molecular weight is 390 g/mol. The number of aryl methyl sites for hydroxylation is 1. The van der Waals surface area contributed by atoms with Gasteiger partial charge in [-0.05, 0) is 30.5 Å². The number of para-hydroxylation sites is 1. The molecular weight excluding hydrogens is 364 g/mol. The highest BCUT2D eigenvalue weighted by atomic mass is 16.7. The van der Waals surface area contributed by atoms with Crippen LogP contribution in [-0.4, -0.2) is 21.3 Å². The number of amides is 1.